The summed E-state index contributed by atoms with van der Waals surface area (Å²) in [5, 5.41) is 24.1. The average Bonchev–Trinajstić information content (AvgIpc) is 2.53. The fourth-order valence-electron chi connectivity index (χ4n) is 2.48. The fourth-order valence-corrected chi connectivity index (χ4v) is 2.48. The summed E-state index contributed by atoms with van der Waals surface area (Å²) in [4.78, 5) is 14.8. The van der Waals surface area contributed by atoms with Crippen LogP contribution in [0, 0.1) is 29.2 Å². The number of hydroxylamine groups is 1. The normalized spacial score (nSPS) is 21.7. The van der Waals surface area contributed by atoms with E-state index in [-0.39, 0.29) is 36.2 Å². The van der Waals surface area contributed by atoms with Gasteiger partial charge in [0, 0.05) is 18.3 Å². The van der Waals surface area contributed by atoms with Gasteiger partial charge in [-0.3, -0.25) is 15.1 Å². The standard InChI is InChI=1S/C12H18N4O3.2ClH/c1-9-8-11(12(15(17)18)10(2)14-9)16(19)7-5-3-4-6-13-16;;/h8,13H,3-7H2,1-2H3;2*1H. The molecule has 2 heterocycles. The van der Waals surface area contributed by atoms with Crippen molar-refractivity contribution in [2.75, 3.05) is 13.1 Å². The lowest BCUT2D eigenvalue weighted by Crippen LogP contribution is -2.55. The van der Waals surface area contributed by atoms with E-state index in [1.807, 2.05) is 0 Å². The zero-order valence-corrected chi connectivity index (χ0v) is 13.6. The van der Waals surface area contributed by atoms with Crippen molar-refractivity contribution in [2.45, 2.75) is 33.1 Å². The second-order valence-electron chi connectivity index (χ2n) is 4.91. The minimum Gasteiger partial charge on any atom is -0.606 e. The lowest BCUT2D eigenvalue weighted by molar-refractivity contribution is -0.385. The summed E-state index contributed by atoms with van der Waals surface area (Å²) in [6, 6.07) is 1.52. The maximum atomic E-state index is 12.9. The Morgan fingerprint density at radius 3 is 2.57 bits per heavy atom. The number of halogens is 2. The van der Waals surface area contributed by atoms with E-state index in [0.717, 1.165) is 19.3 Å². The lowest BCUT2D eigenvalue weighted by atomic mass is 10.2. The number of nitrogens with zero attached hydrogens (tertiary/aromatic N) is 3. The van der Waals surface area contributed by atoms with Crippen LogP contribution in [0.3, 0.4) is 0 Å². The fraction of sp³-hybridized carbons (Fsp3) is 0.583. The van der Waals surface area contributed by atoms with Gasteiger partial charge in [0.05, 0.1) is 4.92 Å². The molecule has 1 aliphatic heterocycles. The molecule has 0 aromatic carbocycles. The molecular formula is C12H20Cl2N4O3. The number of nitro groups is 1. The van der Waals surface area contributed by atoms with Gasteiger partial charge in [-0.2, -0.15) is 5.43 Å². The van der Waals surface area contributed by atoms with Crippen LogP contribution in [0.4, 0.5) is 11.4 Å². The third kappa shape index (κ3) is 4.24. The highest BCUT2D eigenvalue weighted by Crippen LogP contribution is 2.35. The maximum absolute atomic E-state index is 12.9. The predicted molar refractivity (Wildman–Crippen MR) is 86.7 cm³/mol. The summed E-state index contributed by atoms with van der Waals surface area (Å²) in [5.41, 5.74) is 3.78. The van der Waals surface area contributed by atoms with Gasteiger partial charge in [-0.25, -0.2) is 4.76 Å². The summed E-state index contributed by atoms with van der Waals surface area (Å²) in [5.74, 6) is 0. The molecule has 7 nitrogen and oxygen atoms in total. The van der Waals surface area contributed by atoms with Crippen molar-refractivity contribution in [3.05, 3.63) is 32.8 Å². The average molecular weight is 339 g/mol. The molecule has 21 heavy (non-hydrogen) atoms. The Labute approximate surface area is 135 Å². The molecule has 1 aromatic rings. The topological polar surface area (TPSA) is 91.1 Å². The first-order valence-electron chi connectivity index (χ1n) is 6.41. The van der Waals surface area contributed by atoms with Crippen LogP contribution in [0.5, 0.6) is 0 Å². The van der Waals surface area contributed by atoms with Gasteiger partial charge < -0.3 is 5.21 Å². The van der Waals surface area contributed by atoms with Crippen LogP contribution in [0.1, 0.15) is 30.7 Å². The molecule has 0 saturated carbocycles. The molecule has 2 rings (SSSR count). The first-order valence-corrected chi connectivity index (χ1v) is 6.41. The van der Waals surface area contributed by atoms with E-state index in [1.165, 1.54) is 6.07 Å². The van der Waals surface area contributed by atoms with Gasteiger partial charge in [0.15, 0.2) is 0 Å². The van der Waals surface area contributed by atoms with Crippen LogP contribution >= 0.6 is 24.8 Å². The number of hydrogen-bond donors (Lipinski definition) is 1. The zero-order valence-electron chi connectivity index (χ0n) is 12.0. The summed E-state index contributed by atoms with van der Waals surface area (Å²) in [6.07, 6.45) is 2.64. The molecule has 0 amide bonds. The third-order valence-electron chi connectivity index (χ3n) is 3.36. The highest BCUT2D eigenvalue weighted by Gasteiger charge is 2.33. The molecule has 1 N–H and O–H groups in total. The highest BCUT2D eigenvalue weighted by molar-refractivity contribution is 5.85. The number of nitrogens with one attached hydrogen (secondary N) is 1. The Morgan fingerprint density at radius 2 is 1.95 bits per heavy atom. The van der Waals surface area contributed by atoms with Crippen molar-refractivity contribution in [1.82, 2.24) is 15.2 Å². The van der Waals surface area contributed by atoms with Crippen molar-refractivity contribution in [1.29, 1.82) is 0 Å². The Kier molecular flexibility index (Phi) is 7.49. The van der Waals surface area contributed by atoms with Crippen LogP contribution in [-0.2, 0) is 0 Å². The van der Waals surface area contributed by atoms with Crippen LogP contribution < -0.4 is 10.2 Å². The highest BCUT2D eigenvalue weighted by atomic mass is 35.5. The third-order valence-corrected chi connectivity index (χ3v) is 3.36. The Morgan fingerprint density at radius 1 is 1.29 bits per heavy atom. The Balaban J connectivity index is 0.00000200. The Hall–Kier alpha value is -0.990. The van der Waals surface area contributed by atoms with Gasteiger partial charge in [0.25, 0.3) is 0 Å². The largest absolute Gasteiger partial charge is 0.606 e. The number of aromatic nitrogens is 1. The maximum Gasteiger partial charge on any atom is 0.352 e. The second kappa shape index (κ2) is 7.86. The van der Waals surface area contributed by atoms with Gasteiger partial charge >= 0.3 is 5.69 Å². The molecule has 0 spiro atoms. The van der Waals surface area contributed by atoms with E-state index in [9.17, 15) is 15.3 Å². The van der Waals surface area contributed by atoms with Crippen molar-refractivity contribution < 1.29 is 4.92 Å². The number of rotatable bonds is 2. The van der Waals surface area contributed by atoms with E-state index in [0.29, 0.717) is 24.5 Å². The van der Waals surface area contributed by atoms with Crippen molar-refractivity contribution in [3.63, 3.8) is 0 Å². The summed E-state index contributed by atoms with van der Waals surface area (Å²) < 4.78 is -0.833. The minimum atomic E-state index is -0.833. The van der Waals surface area contributed by atoms with E-state index in [2.05, 4.69) is 10.4 Å². The molecular weight excluding hydrogens is 319 g/mol. The molecule has 9 heteroatoms. The molecule has 1 aromatic heterocycles. The van der Waals surface area contributed by atoms with Gasteiger partial charge in [0.1, 0.15) is 12.2 Å². The minimum absolute atomic E-state index is 0. The number of aryl methyl sites for hydroxylation is 2. The molecule has 1 aliphatic rings. The van der Waals surface area contributed by atoms with Crippen molar-refractivity contribution in [2.24, 2.45) is 0 Å². The van der Waals surface area contributed by atoms with Crippen LogP contribution in [0.2, 0.25) is 0 Å². The summed E-state index contributed by atoms with van der Waals surface area (Å²) in [6.45, 7) is 4.19. The summed E-state index contributed by atoms with van der Waals surface area (Å²) in [7, 11) is 0. The smallest absolute Gasteiger partial charge is 0.352 e. The number of hydrogen-bond acceptors (Lipinski definition) is 5. The van der Waals surface area contributed by atoms with Gasteiger partial charge in [0.2, 0.25) is 5.69 Å². The Bertz CT molecular complexity index is 506. The van der Waals surface area contributed by atoms with Crippen LogP contribution in [0.25, 0.3) is 0 Å². The first-order chi connectivity index (χ1) is 8.94. The monoisotopic (exact) mass is 338 g/mol. The molecule has 1 unspecified atom stereocenters. The number of quaternary nitrogens is 1. The molecule has 0 aliphatic carbocycles. The summed E-state index contributed by atoms with van der Waals surface area (Å²) >= 11 is 0. The van der Waals surface area contributed by atoms with Crippen molar-refractivity contribution in [3.8, 4) is 0 Å². The molecule has 0 bridgehead atoms. The van der Waals surface area contributed by atoms with E-state index in [4.69, 9.17) is 0 Å². The van der Waals surface area contributed by atoms with Gasteiger partial charge in [-0.05, 0) is 33.1 Å². The molecule has 0 radical (unpaired) electrons. The lowest BCUT2D eigenvalue weighted by Gasteiger charge is -2.39. The molecule has 1 saturated heterocycles. The molecule has 1 fully saturated rings. The molecule has 120 valence electrons. The van der Waals surface area contributed by atoms with E-state index < -0.39 is 9.68 Å². The van der Waals surface area contributed by atoms with E-state index in [1.54, 1.807) is 13.8 Å². The number of pyridine rings is 1. The predicted octanol–water partition coefficient (Wildman–Crippen LogP) is 2.94. The van der Waals surface area contributed by atoms with Crippen LogP contribution in [-0.4, -0.2) is 23.0 Å². The first kappa shape index (κ1) is 20.0. The van der Waals surface area contributed by atoms with Crippen molar-refractivity contribution >= 4 is 36.2 Å². The quantitative estimate of drug-likeness (QED) is 0.387. The van der Waals surface area contributed by atoms with Gasteiger partial charge in [-0.1, -0.05) is 0 Å². The van der Waals surface area contributed by atoms with E-state index >= 15 is 0 Å². The van der Waals surface area contributed by atoms with Gasteiger partial charge in [-0.15, -0.1) is 24.8 Å². The zero-order chi connectivity index (χ0) is 14.0. The molecule has 1 atom stereocenters. The second-order valence-corrected chi connectivity index (χ2v) is 4.91. The SMILES string of the molecule is Cc1cc([N+]2([O-])CCCCCN2)c([N+](=O)[O-])c(C)n1.Cl.Cl. The van der Waals surface area contributed by atoms with Crippen LogP contribution in [0.15, 0.2) is 6.07 Å².